The molecule has 0 radical (unpaired) electrons. The molecule has 2 aliphatic rings. The van der Waals surface area contributed by atoms with E-state index in [4.69, 9.17) is 4.74 Å². The van der Waals surface area contributed by atoms with Gasteiger partial charge in [-0.25, -0.2) is 9.18 Å². The van der Waals surface area contributed by atoms with Crippen molar-refractivity contribution in [3.63, 3.8) is 0 Å². The van der Waals surface area contributed by atoms with Crippen LogP contribution in [0.4, 0.5) is 9.39 Å². The number of rotatable bonds is 7. The molecular weight excluding hydrogens is 433 g/mol. The first kappa shape index (κ1) is 22.4. The average Bonchev–Trinajstić information content (AvgIpc) is 3.55. The van der Waals surface area contributed by atoms with Crippen LogP contribution in [0.5, 0.6) is 0 Å². The van der Waals surface area contributed by atoms with Crippen molar-refractivity contribution in [1.82, 2.24) is 9.80 Å². The number of nitrogens with zero attached hydrogens (tertiary/aromatic N) is 2. The minimum absolute atomic E-state index is 0.178. The van der Waals surface area contributed by atoms with Crippen molar-refractivity contribution in [2.24, 2.45) is 5.92 Å². The molecule has 1 aromatic heterocycles. The van der Waals surface area contributed by atoms with Crippen molar-refractivity contribution in [1.29, 1.82) is 0 Å². The smallest absolute Gasteiger partial charge is 0.341 e. The number of carbonyl (C=O) groups is 3. The number of halogens is 1. The second kappa shape index (κ2) is 9.79. The maximum atomic E-state index is 13.3. The van der Waals surface area contributed by atoms with Gasteiger partial charge in [0.15, 0.2) is 0 Å². The largest absolute Gasteiger partial charge is 0.462 e. The van der Waals surface area contributed by atoms with Gasteiger partial charge in [-0.2, -0.15) is 0 Å². The zero-order chi connectivity index (χ0) is 22.7. The van der Waals surface area contributed by atoms with Gasteiger partial charge in [0.25, 0.3) is 0 Å². The van der Waals surface area contributed by atoms with Gasteiger partial charge in [-0.3, -0.25) is 14.5 Å². The molecule has 1 saturated carbocycles. The molecule has 0 bridgehead atoms. The van der Waals surface area contributed by atoms with Crippen LogP contribution in [-0.4, -0.2) is 66.9 Å². The van der Waals surface area contributed by atoms with Gasteiger partial charge in [0.05, 0.1) is 13.2 Å². The summed E-state index contributed by atoms with van der Waals surface area (Å²) >= 11 is 1.24. The van der Waals surface area contributed by atoms with Gasteiger partial charge in [-0.1, -0.05) is 12.1 Å². The van der Waals surface area contributed by atoms with E-state index in [2.05, 4.69) is 5.32 Å². The Morgan fingerprint density at radius 3 is 2.44 bits per heavy atom. The number of ether oxygens (including phenoxy) is 1. The van der Waals surface area contributed by atoms with E-state index in [0.717, 1.165) is 12.8 Å². The van der Waals surface area contributed by atoms with Crippen molar-refractivity contribution >= 4 is 34.1 Å². The first-order valence-corrected chi connectivity index (χ1v) is 11.7. The molecule has 2 amide bonds. The Kier molecular flexibility index (Phi) is 6.86. The molecule has 0 atom stereocenters. The maximum Gasteiger partial charge on any atom is 0.341 e. The SMILES string of the molecule is CCOC(=O)c1c(-c2ccc(F)cc2)csc1NC(=O)CN1CCN(C(=O)C2CC2)CC1. The highest BCUT2D eigenvalue weighted by atomic mass is 32.1. The molecule has 170 valence electrons. The number of hydrogen-bond donors (Lipinski definition) is 1. The van der Waals surface area contributed by atoms with E-state index in [9.17, 15) is 18.8 Å². The van der Waals surface area contributed by atoms with Crippen molar-refractivity contribution in [2.45, 2.75) is 19.8 Å². The summed E-state index contributed by atoms with van der Waals surface area (Å²) in [6.07, 6.45) is 1.98. The van der Waals surface area contributed by atoms with E-state index in [-0.39, 0.29) is 42.3 Å². The Balaban J connectivity index is 1.41. The number of anilines is 1. The van der Waals surface area contributed by atoms with Crippen LogP contribution in [0.15, 0.2) is 29.6 Å². The molecule has 4 rings (SSSR count). The minimum Gasteiger partial charge on any atom is -0.462 e. The van der Waals surface area contributed by atoms with Crippen LogP contribution >= 0.6 is 11.3 Å². The Labute approximate surface area is 190 Å². The predicted molar refractivity (Wildman–Crippen MR) is 120 cm³/mol. The lowest BCUT2D eigenvalue weighted by Gasteiger charge is -2.34. The van der Waals surface area contributed by atoms with Gasteiger partial charge in [-0.05, 0) is 37.5 Å². The van der Waals surface area contributed by atoms with Crippen LogP contribution in [0.1, 0.15) is 30.1 Å². The summed E-state index contributed by atoms with van der Waals surface area (Å²) in [5, 5.41) is 5.02. The van der Waals surface area contributed by atoms with Crippen LogP contribution in [0.3, 0.4) is 0 Å². The van der Waals surface area contributed by atoms with E-state index < -0.39 is 5.97 Å². The summed E-state index contributed by atoms with van der Waals surface area (Å²) in [6, 6.07) is 5.84. The lowest BCUT2D eigenvalue weighted by molar-refractivity contribution is -0.134. The fourth-order valence-electron chi connectivity index (χ4n) is 3.78. The Morgan fingerprint density at radius 1 is 1.12 bits per heavy atom. The third-order valence-corrected chi connectivity index (χ3v) is 6.55. The van der Waals surface area contributed by atoms with Crippen molar-refractivity contribution in [3.05, 3.63) is 41.0 Å². The molecule has 2 heterocycles. The van der Waals surface area contributed by atoms with E-state index >= 15 is 0 Å². The van der Waals surface area contributed by atoms with Crippen LogP contribution in [-0.2, 0) is 14.3 Å². The summed E-state index contributed by atoms with van der Waals surface area (Å²) in [6.45, 7) is 4.64. The monoisotopic (exact) mass is 459 g/mol. The third-order valence-electron chi connectivity index (χ3n) is 5.66. The molecule has 2 aromatic rings. The van der Waals surface area contributed by atoms with Crippen molar-refractivity contribution < 1.29 is 23.5 Å². The Hall–Kier alpha value is -2.78. The van der Waals surface area contributed by atoms with E-state index in [1.165, 1.54) is 23.5 Å². The van der Waals surface area contributed by atoms with Crippen LogP contribution in [0.25, 0.3) is 11.1 Å². The summed E-state index contributed by atoms with van der Waals surface area (Å²) in [7, 11) is 0. The van der Waals surface area contributed by atoms with Crippen molar-refractivity contribution in [3.8, 4) is 11.1 Å². The standard InChI is InChI=1S/C23H26FN3O4S/c1-2-31-23(30)20-18(15-5-7-17(24)8-6-15)14-32-21(20)25-19(28)13-26-9-11-27(12-10-26)22(29)16-3-4-16/h5-8,14,16H,2-4,9-13H2,1H3,(H,25,28). The van der Waals surface area contributed by atoms with E-state index in [1.54, 1.807) is 24.4 Å². The topological polar surface area (TPSA) is 79.0 Å². The Bertz CT molecular complexity index is 995. The summed E-state index contributed by atoms with van der Waals surface area (Å²) < 4.78 is 18.5. The van der Waals surface area contributed by atoms with Gasteiger partial charge in [0.1, 0.15) is 16.4 Å². The number of thiophene rings is 1. The molecule has 32 heavy (non-hydrogen) atoms. The van der Waals surface area contributed by atoms with Gasteiger partial charge >= 0.3 is 5.97 Å². The summed E-state index contributed by atoms with van der Waals surface area (Å²) in [5.74, 6) is -0.685. The molecule has 0 spiro atoms. The molecule has 9 heteroatoms. The molecule has 1 saturated heterocycles. The van der Waals surface area contributed by atoms with Gasteiger partial charge in [0, 0.05) is 43.0 Å². The number of nitrogens with one attached hydrogen (secondary N) is 1. The second-order valence-corrected chi connectivity index (χ2v) is 8.88. The van der Waals surface area contributed by atoms with Gasteiger partial charge < -0.3 is 15.0 Å². The summed E-state index contributed by atoms with van der Waals surface area (Å²) in [5.41, 5.74) is 1.54. The predicted octanol–water partition coefficient (Wildman–Crippen LogP) is 3.22. The minimum atomic E-state index is -0.532. The highest BCUT2D eigenvalue weighted by molar-refractivity contribution is 7.15. The normalized spacial score (nSPS) is 16.6. The molecule has 2 fully saturated rings. The fraction of sp³-hybridized carbons (Fsp3) is 0.435. The number of carbonyl (C=O) groups excluding carboxylic acids is 3. The van der Waals surface area contributed by atoms with Gasteiger partial charge in [0.2, 0.25) is 11.8 Å². The van der Waals surface area contributed by atoms with Crippen LogP contribution in [0, 0.1) is 11.7 Å². The van der Waals surface area contributed by atoms with E-state index in [0.29, 0.717) is 42.3 Å². The Morgan fingerprint density at radius 2 is 1.81 bits per heavy atom. The average molecular weight is 460 g/mol. The number of esters is 1. The molecule has 1 aliphatic heterocycles. The molecule has 1 N–H and O–H groups in total. The molecule has 7 nitrogen and oxygen atoms in total. The lowest BCUT2D eigenvalue weighted by Crippen LogP contribution is -2.50. The maximum absolute atomic E-state index is 13.3. The second-order valence-electron chi connectivity index (χ2n) is 8.00. The van der Waals surface area contributed by atoms with Crippen LogP contribution in [0.2, 0.25) is 0 Å². The zero-order valence-electron chi connectivity index (χ0n) is 17.9. The first-order chi connectivity index (χ1) is 15.5. The highest BCUT2D eigenvalue weighted by Gasteiger charge is 2.34. The molecule has 1 aliphatic carbocycles. The first-order valence-electron chi connectivity index (χ1n) is 10.8. The number of amides is 2. The van der Waals surface area contributed by atoms with Crippen LogP contribution < -0.4 is 5.32 Å². The number of benzene rings is 1. The highest BCUT2D eigenvalue weighted by Crippen LogP contribution is 2.36. The molecular formula is C23H26FN3O4S. The number of hydrogen-bond acceptors (Lipinski definition) is 6. The molecule has 1 aromatic carbocycles. The lowest BCUT2D eigenvalue weighted by atomic mass is 10.0. The fourth-order valence-corrected chi connectivity index (χ4v) is 4.76. The van der Waals surface area contributed by atoms with Gasteiger partial charge in [-0.15, -0.1) is 11.3 Å². The van der Waals surface area contributed by atoms with Crippen molar-refractivity contribution in [2.75, 3.05) is 44.6 Å². The number of piperazine rings is 1. The quantitative estimate of drug-likeness (QED) is 0.644. The van der Waals surface area contributed by atoms with E-state index in [1.807, 2.05) is 9.80 Å². The third kappa shape index (κ3) is 5.16. The zero-order valence-corrected chi connectivity index (χ0v) is 18.8. The summed E-state index contributed by atoms with van der Waals surface area (Å²) in [4.78, 5) is 41.4. The molecule has 0 unspecified atom stereocenters.